The van der Waals surface area contributed by atoms with E-state index in [4.69, 9.17) is 0 Å². The molecule has 0 saturated heterocycles. The molecular formula is C17H30N4. The van der Waals surface area contributed by atoms with Crippen LogP contribution in [0.1, 0.15) is 64.4 Å². The molecule has 118 valence electrons. The zero-order chi connectivity index (χ0) is 14.9. The lowest BCUT2D eigenvalue weighted by Gasteiger charge is -2.22. The van der Waals surface area contributed by atoms with Crippen LogP contribution in [0.25, 0.3) is 0 Å². The van der Waals surface area contributed by atoms with E-state index >= 15 is 0 Å². The molecule has 21 heavy (non-hydrogen) atoms. The number of nitrogens with one attached hydrogen (secondary N) is 2. The van der Waals surface area contributed by atoms with Gasteiger partial charge in [0.05, 0.1) is 0 Å². The molecule has 0 atom stereocenters. The summed E-state index contributed by atoms with van der Waals surface area (Å²) < 4.78 is 0. The number of aromatic nitrogens is 2. The van der Waals surface area contributed by atoms with Crippen LogP contribution in [0.5, 0.6) is 0 Å². The minimum atomic E-state index is 0.913. The van der Waals surface area contributed by atoms with Crippen LogP contribution in [-0.4, -0.2) is 23.1 Å². The van der Waals surface area contributed by atoms with E-state index in [1.807, 2.05) is 0 Å². The van der Waals surface area contributed by atoms with Crippen molar-refractivity contribution in [2.75, 3.05) is 23.7 Å². The van der Waals surface area contributed by atoms with Gasteiger partial charge < -0.3 is 10.6 Å². The maximum Gasteiger partial charge on any atom is 0.134 e. The van der Waals surface area contributed by atoms with E-state index in [1.165, 1.54) is 44.1 Å². The third-order valence-corrected chi connectivity index (χ3v) is 4.41. The maximum atomic E-state index is 4.44. The van der Waals surface area contributed by atoms with Crippen LogP contribution in [0.3, 0.4) is 0 Å². The molecule has 0 aliphatic heterocycles. The third kappa shape index (κ3) is 4.87. The quantitative estimate of drug-likeness (QED) is 0.751. The van der Waals surface area contributed by atoms with Gasteiger partial charge in [-0.2, -0.15) is 0 Å². The molecule has 0 radical (unpaired) electrons. The monoisotopic (exact) mass is 290 g/mol. The number of nitrogens with zero attached hydrogens (tertiary/aromatic N) is 2. The van der Waals surface area contributed by atoms with E-state index in [9.17, 15) is 0 Å². The summed E-state index contributed by atoms with van der Waals surface area (Å²) in [7, 11) is 0. The van der Waals surface area contributed by atoms with Gasteiger partial charge in [0, 0.05) is 18.7 Å². The van der Waals surface area contributed by atoms with Gasteiger partial charge in [-0.3, -0.25) is 0 Å². The minimum absolute atomic E-state index is 0.913. The second kappa shape index (κ2) is 8.85. The summed E-state index contributed by atoms with van der Waals surface area (Å²) in [5, 5.41) is 6.94. The van der Waals surface area contributed by atoms with E-state index < -0.39 is 0 Å². The van der Waals surface area contributed by atoms with Crippen molar-refractivity contribution in [2.24, 2.45) is 5.92 Å². The van der Waals surface area contributed by atoms with Gasteiger partial charge in [-0.25, -0.2) is 9.97 Å². The summed E-state index contributed by atoms with van der Waals surface area (Å²) in [4.78, 5) is 8.82. The molecule has 4 heteroatoms. The fraction of sp³-hybridized carbons (Fsp3) is 0.765. The van der Waals surface area contributed by atoms with E-state index in [2.05, 4.69) is 34.4 Å². The zero-order valence-electron chi connectivity index (χ0n) is 13.6. The largest absolute Gasteiger partial charge is 0.370 e. The van der Waals surface area contributed by atoms with Crippen LogP contribution in [0, 0.1) is 5.92 Å². The number of hydrogen-bond donors (Lipinski definition) is 2. The van der Waals surface area contributed by atoms with Crippen molar-refractivity contribution in [3.8, 4) is 0 Å². The molecule has 1 aliphatic carbocycles. The Morgan fingerprint density at radius 2 is 1.67 bits per heavy atom. The van der Waals surface area contributed by atoms with E-state index in [0.717, 1.165) is 43.5 Å². The summed E-state index contributed by atoms with van der Waals surface area (Å²) in [5.41, 5.74) is 1.22. The molecule has 1 aromatic heterocycles. The van der Waals surface area contributed by atoms with Crippen molar-refractivity contribution < 1.29 is 0 Å². The summed E-state index contributed by atoms with van der Waals surface area (Å²) in [6, 6.07) is 0. The normalized spacial score (nSPS) is 15.9. The Bertz CT molecular complexity index is 413. The van der Waals surface area contributed by atoms with Crippen molar-refractivity contribution in [2.45, 2.75) is 65.2 Å². The van der Waals surface area contributed by atoms with Gasteiger partial charge in [0.1, 0.15) is 18.0 Å². The summed E-state index contributed by atoms with van der Waals surface area (Å²) in [6.07, 6.45) is 12.1. The van der Waals surface area contributed by atoms with E-state index in [0.29, 0.717) is 0 Å². The molecule has 1 aromatic rings. The molecule has 1 fully saturated rings. The van der Waals surface area contributed by atoms with Crippen LogP contribution in [0.15, 0.2) is 6.33 Å². The van der Waals surface area contributed by atoms with Gasteiger partial charge in [0.25, 0.3) is 0 Å². The minimum Gasteiger partial charge on any atom is -0.370 e. The second-order valence-electron chi connectivity index (χ2n) is 6.05. The van der Waals surface area contributed by atoms with Crippen molar-refractivity contribution in [3.05, 3.63) is 11.9 Å². The van der Waals surface area contributed by atoms with E-state index in [1.54, 1.807) is 6.33 Å². The Labute approximate surface area is 129 Å². The number of rotatable bonds is 8. The molecule has 0 aromatic carbocycles. The standard InChI is InChI=1S/C17H30N4/c1-3-11-18-16-15(4-2)17(21-13-20-16)19-12-10-14-8-6-5-7-9-14/h13-14H,3-12H2,1-2H3,(H2,18,19,20,21). The smallest absolute Gasteiger partial charge is 0.134 e. The highest BCUT2D eigenvalue weighted by atomic mass is 15.1. The maximum absolute atomic E-state index is 4.44. The lowest BCUT2D eigenvalue weighted by molar-refractivity contribution is 0.345. The SMILES string of the molecule is CCCNc1ncnc(NCCC2CCCCC2)c1CC. The summed E-state index contributed by atoms with van der Waals surface area (Å²) >= 11 is 0. The molecule has 1 aliphatic rings. The molecule has 0 spiro atoms. The zero-order valence-corrected chi connectivity index (χ0v) is 13.6. The molecule has 1 heterocycles. The van der Waals surface area contributed by atoms with Crippen LogP contribution < -0.4 is 10.6 Å². The predicted octanol–water partition coefficient (Wildman–Crippen LogP) is 4.24. The summed E-state index contributed by atoms with van der Waals surface area (Å²) in [5.74, 6) is 2.92. The molecule has 0 amide bonds. The first-order valence-electron chi connectivity index (χ1n) is 8.66. The fourth-order valence-corrected chi connectivity index (χ4v) is 3.17. The fourth-order valence-electron chi connectivity index (χ4n) is 3.17. The van der Waals surface area contributed by atoms with Gasteiger partial charge in [0.15, 0.2) is 0 Å². The Hall–Kier alpha value is -1.32. The van der Waals surface area contributed by atoms with Crippen LogP contribution in [0.4, 0.5) is 11.6 Å². The van der Waals surface area contributed by atoms with Gasteiger partial charge >= 0.3 is 0 Å². The van der Waals surface area contributed by atoms with Crippen molar-refractivity contribution in [1.82, 2.24) is 9.97 Å². The molecule has 0 bridgehead atoms. The highest BCUT2D eigenvalue weighted by Gasteiger charge is 2.14. The molecule has 1 saturated carbocycles. The van der Waals surface area contributed by atoms with Crippen molar-refractivity contribution in [1.29, 1.82) is 0 Å². The highest BCUT2D eigenvalue weighted by molar-refractivity contribution is 5.57. The van der Waals surface area contributed by atoms with Crippen molar-refractivity contribution >= 4 is 11.6 Å². The lowest BCUT2D eigenvalue weighted by Crippen LogP contribution is -2.15. The first kappa shape index (κ1) is 16.1. The molecule has 2 N–H and O–H groups in total. The second-order valence-corrected chi connectivity index (χ2v) is 6.05. The average molecular weight is 290 g/mol. The first-order valence-corrected chi connectivity index (χ1v) is 8.66. The van der Waals surface area contributed by atoms with Crippen LogP contribution in [-0.2, 0) is 6.42 Å². The summed E-state index contributed by atoms with van der Waals surface area (Å²) in [6.45, 7) is 6.33. The number of hydrogen-bond acceptors (Lipinski definition) is 4. The lowest BCUT2D eigenvalue weighted by atomic mass is 9.87. The Morgan fingerprint density at radius 3 is 2.29 bits per heavy atom. The molecular weight excluding hydrogens is 260 g/mol. The van der Waals surface area contributed by atoms with Crippen LogP contribution in [0.2, 0.25) is 0 Å². The highest BCUT2D eigenvalue weighted by Crippen LogP contribution is 2.26. The third-order valence-electron chi connectivity index (χ3n) is 4.41. The number of anilines is 2. The average Bonchev–Trinajstić information content (AvgIpc) is 2.54. The Morgan fingerprint density at radius 1 is 1.00 bits per heavy atom. The molecule has 4 nitrogen and oxygen atoms in total. The van der Waals surface area contributed by atoms with Gasteiger partial charge in [0.2, 0.25) is 0 Å². The topological polar surface area (TPSA) is 49.8 Å². The Kier molecular flexibility index (Phi) is 6.77. The van der Waals surface area contributed by atoms with Gasteiger partial charge in [-0.05, 0) is 25.2 Å². The van der Waals surface area contributed by atoms with Crippen LogP contribution >= 0.6 is 0 Å². The predicted molar refractivity (Wildman–Crippen MR) is 89.9 cm³/mol. The molecule has 0 unspecified atom stereocenters. The van der Waals surface area contributed by atoms with Gasteiger partial charge in [-0.1, -0.05) is 46.0 Å². The Balaban J connectivity index is 1.89. The molecule has 2 rings (SSSR count). The first-order chi connectivity index (χ1) is 10.3. The van der Waals surface area contributed by atoms with Crippen molar-refractivity contribution in [3.63, 3.8) is 0 Å². The van der Waals surface area contributed by atoms with E-state index in [-0.39, 0.29) is 0 Å². The van der Waals surface area contributed by atoms with Gasteiger partial charge in [-0.15, -0.1) is 0 Å².